The average Bonchev–Trinajstić information content (AvgIpc) is 3.44. The summed E-state index contributed by atoms with van der Waals surface area (Å²) in [4.78, 5) is 32.1. The molecule has 0 aliphatic carbocycles. The lowest BCUT2D eigenvalue weighted by molar-refractivity contribution is -0.134. The molecule has 0 radical (unpaired) electrons. The zero-order valence-electron chi connectivity index (χ0n) is 19.8. The van der Waals surface area contributed by atoms with Gasteiger partial charge in [-0.25, -0.2) is 9.78 Å². The van der Waals surface area contributed by atoms with Crippen LogP contribution in [0.5, 0.6) is 11.5 Å². The Bertz CT molecular complexity index is 1330. The first-order valence-electron chi connectivity index (χ1n) is 11.1. The van der Waals surface area contributed by atoms with Crippen LogP contribution >= 0.6 is 0 Å². The first kappa shape index (κ1) is 23.8. The lowest BCUT2D eigenvalue weighted by atomic mass is 10.1. The number of carbonyl (C=O) groups excluding carboxylic acids is 2. The molecule has 0 aliphatic heterocycles. The van der Waals surface area contributed by atoms with Gasteiger partial charge in [0, 0.05) is 18.5 Å². The SMILES string of the molecule is CCN(Cc1ccc(OC)c(OC)c1)C(=O)COC(=O)c1cc(-c2ccco2)nc2ccccc12. The molecule has 8 nitrogen and oxygen atoms in total. The summed E-state index contributed by atoms with van der Waals surface area (Å²) in [6, 6.07) is 17.9. The molecule has 0 saturated carbocycles. The largest absolute Gasteiger partial charge is 0.493 e. The molecule has 0 spiro atoms. The van der Waals surface area contributed by atoms with Gasteiger partial charge in [-0.2, -0.15) is 0 Å². The highest BCUT2D eigenvalue weighted by Crippen LogP contribution is 2.28. The van der Waals surface area contributed by atoms with Crippen LogP contribution in [0.3, 0.4) is 0 Å². The van der Waals surface area contributed by atoms with Gasteiger partial charge in [0.05, 0.1) is 31.6 Å². The van der Waals surface area contributed by atoms with Crippen molar-refractivity contribution >= 4 is 22.8 Å². The number of aromatic nitrogens is 1. The van der Waals surface area contributed by atoms with E-state index in [0.717, 1.165) is 5.56 Å². The molecular weight excluding hydrogens is 448 g/mol. The van der Waals surface area contributed by atoms with E-state index in [0.29, 0.717) is 52.5 Å². The second kappa shape index (κ2) is 10.7. The second-order valence-corrected chi connectivity index (χ2v) is 7.72. The summed E-state index contributed by atoms with van der Waals surface area (Å²) in [5.41, 5.74) is 2.32. The van der Waals surface area contributed by atoms with Crippen LogP contribution in [0.4, 0.5) is 0 Å². The Balaban J connectivity index is 1.49. The lowest BCUT2D eigenvalue weighted by Gasteiger charge is -2.21. The van der Waals surface area contributed by atoms with Crippen LogP contribution in [0.25, 0.3) is 22.4 Å². The molecular formula is C27H26N2O6. The van der Waals surface area contributed by atoms with E-state index >= 15 is 0 Å². The quantitative estimate of drug-likeness (QED) is 0.324. The Labute approximate surface area is 203 Å². The summed E-state index contributed by atoms with van der Waals surface area (Å²) in [7, 11) is 3.13. The highest BCUT2D eigenvalue weighted by Gasteiger charge is 2.20. The predicted octanol–water partition coefficient (Wildman–Crippen LogP) is 4.72. The highest BCUT2D eigenvalue weighted by atomic mass is 16.5. The van der Waals surface area contributed by atoms with E-state index in [-0.39, 0.29) is 12.5 Å². The maximum Gasteiger partial charge on any atom is 0.339 e. The second-order valence-electron chi connectivity index (χ2n) is 7.72. The number of carbonyl (C=O) groups is 2. The summed E-state index contributed by atoms with van der Waals surface area (Å²) < 4.78 is 21.5. The zero-order chi connectivity index (χ0) is 24.8. The minimum absolute atomic E-state index is 0.305. The van der Waals surface area contributed by atoms with Crippen LogP contribution in [0, 0.1) is 0 Å². The topological polar surface area (TPSA) is 91.1 Å². The van der Waals surface area contributed by atoms with Crippen LogP contribution in [0.15, 0.2) is 71.3 Å². The molecule has 0 atom stereocenters. The fourth-order valence-corrected chi connectivity index (χ4v) is 3.77. The predicted molar refractivity (Wildman–Crippen MR) is 130 cm³/mol. The Morgan fingerprint density at radius 3 is 2.49 bits per heavy atom. The number of likely N-dealkylation sites (N-methyl/N-ethyl adjacent to an activating group) is 1. The van der Waals surface area contributed by atoms with E-state index < -0.39 is 5.97 Å². The molecule has 35 heavy (non-hydrogen) atoms. The number of nitrogens with zero attached hydrogens (tertiary/aromatic N) is 2. The van der Waals surface area contributed by atoms with Crippen LogP contribution < -0.4 is 9.47 Å². The van der Waals surface area contributed by atoms with Gasteiger partial charge in [0.2, 0.25) is 0 Å². The lowest BCUT2D eigenvalue weighted by Crippen LogP contribution is -2.34. The number of pyridine rings is 1. The number of furan rings is 1. The molecule has 4 aromatic rings. The number of hydrogen-bond acceptors (Lipinski definition) is 7. The molecule has 0 saturated heterocycles. The van der Waals surface area contributed by atoms with E-state index in [1.165, 1.54) is 0 Å². The van der Waals surface area contributed by atoms with E-state index in [2.05, 4.69) is 4.98 Å². The maximum atomic E-state index is 13.0. The summed E-state index contributed by atoms with van der Waals surface area (Å²) >= 11 is 0. The van der Waals surface area contributed by atoms with Crippen molar-refractivity contribution < 1.29 is 28.2 Å². The van der Waals surface area contributed by atoms with Gasteiger partial charge in [-0.05, 0) is 48.9 Å². The number of rotatable bonds is 9. The molecule has 1 amide bonds. The van der Waals surface area contributed by atoms with Gasteiger partial charge in [-0.15, -0.1) is 0 Å². The molecule has 4 rings (SSSR count). The highest BCUT2D eigenvalue weighted by molar-refractivity contribution is 6.05. The van der Waals surface area contributed by atoms with E-state index in [9.17, 15) is 9.59 Å². The van der Waals surface area contributed by atoms with Gasteiger partial charge in [0.25, 0.3) is 5.91 Å². The van der Waals surface area contributed by atoms with Crippen LogP contribution in [-0.2, 0) is 16.1 Å². The van der Waals surface area contributed by atoms with Crippen LogP contribution in [0.1, 0.15) is 22.8 Å². The van der Waals surface area contributed by atoms with Crippen molar-refractivity contribution in [2.24, 2.45) is 0 Å². The van der Waals surface area contributed by atoms with Gasteiger partial charge in [-0.1, -0.05) is 24.3 Å². The summed E-state index contributed by atoms with van der Waals surface area (Å²) in [5, 5.41) is 0.637. The number of hydrogen-bond donors (Lipinski definition) is 0. The molecule has 0 aliphatic rings. The fourth-order valence-electron chi connectivity index (χ4n) is 3.77. The third kappa shape index (κ3) is 5.27. The molecule has 2 aromatic carbocycles. The normalized spacial score (nSPS) is 10.7. The Hall–Kier alpha value is -4.33. The van der Waals surface area contributed by atoms with Crippen molar-refractivity contribution in [3.8, 4) is 23.0 Å². The number of fused-ring (bicyclic) bond motifs is 1. The van der Waals surface area contributed by atoms with Gasteiger partial charge in [0.15, 0.2) is 23.9 Å². The Morgan fingerprint density at radius 1 is 0.971 bits per heavy atom. The number of ether oxygens (including phenoxy) is 3. The number of methoxy groups -OCH3 is 2. The Kier molecular flexibility index (Phi) is 7.30. The van der Waals surface area contributed by atoms with Crippen molar-refractivity contribution in [3.05, 3.63) is 78.1 Å². The van der Waals surface area contributed by atoms with E-state index in [4.69, 9.17) is 18.6 Å². The molecule has 2 heterocycles. The third-order valence-electron chi connectivity index (χ3n) is 5.59. The van der Waals surface area contributed by atoms with Gasteiger partial charge in [0.1, 0.15) is 5.69 Å². The minimum Gasteiger partial charge on any atom is -0.493 e. The van der Waals surface area contributed by atoms with Gasteiger partial charge < -0.3 is 23.5 Å². The number of benzene rings is 2. The molecule has 0 bridgehead atoms. The monoisotopic (exact) mass is 474 g/mol. The van der Waals surface area contributed by atoms with Gasteiger partial charge in [-0.3, -0.25) is 4.79 Å². The van der Waals surface area contributed by atoms with Crippen LogP contribution in [-0.4, -0.2) is 49.1 Å². The summed E-state index contributed by atoms with van der Waals surface area (Å²) in [5.74, 6) is 0.815. The average molecular weight is 475 g/mol. The molecule has 0 N–H and O–H groups in total. The van der Waals surface area contributed by atoms with Crippen LogP contribution in [0.2, 0.25) is 0 Å². The number of amides is 1. The smallest absolute Gasteiger partial charge is 0.339 e. The first-order valence-corrected chi connectivity index (χ1v) is 11.1. The van der Waals surface area contributed by atoms with Crippen molar-refractivity contribution in [1.29, 1.82) is 0 Å². The summed E-state index contributed by atoms with van der Waals surface area (Å²) in [6.07, 6.45) is 1.54. The van der Waals surface area contributed by atoms with Crippen molar-refractivity contribution in [2.75, 3.05) is 27.4 Å². The van der Waals surface area contributed by atoms with Gasteiger partial charge >= 0.3 is 5.97 Å². The molecule has 2 aromatic heterocycles. The molecule has 0 fully saturated rings. The standard InChI is InChI=1S/C27H26N2O6/c1-4-29(16-18-11-12-24(32-2)25(14-18)33-3)26(30)17-35-27(31)20-15-22(23-10-7-13-34-23)28-21-9-6-5-8-19(20)21/h5-15H,4,16-17H2,1-3H3. The maximum absolute atomic E-state index is 13.0. The molecule has 180 valence electrons. The van der Waals surface area contributed by atoms with Crippen molar-refractivity contribution in [2.45, 2.75) is 13.5 Å². The first-order chi connectivity index (χ1) is 17.0. The Morgan fingerprint density at radius 2 is 1.77 bits per heavy atom. The molecule has 0 unspecified atom stereocenters. The zero-order valence-corrected chi connectivity index (χ0v) is 19.8. The fraction of sp³-hybridized carbons (Fsp3) is 0.222. The van der Waals surface area contributed by atoms with E-state index in [1.54, 1.807) is 55.7 Å². The summed E-state index contributed by atoms with van der Waals surface area (Å²) in [6.45, 7) is 2.28. The van der Waals surface area contributed by atoms with E-state index in [1.807, 2.05) is 37.3 Å². The number of para-hydroxylation sites is 1. The molecule has 8 heteroatoms. The van der Waals surface area contributed by atoms with Crippen molar-refractivity contribution in [1.82, 2.24) is 9.88 Å². The third-order valence-corrected chi connectivity index (χ3v) is 5.59. The minimum atomic E-state index is -0.605. The van der Waals surface area contributed by atoms with Crippen molar-refractivity contribution in [3.63, 3.8) is 0 Å². The number of esters is 1.